The van der Waals surface area contributed by atoms with Gasteiger partial charge in [-0.3, -0.25) is 9.69 Å². The zero-order chi connectivity index (χ0) is 27.1. The van der Waals surface area contributed by atoms with Crippen molar-refractivity contribution in [3.63, 3.8) is 0 Å². The van der Waals surface area contributed by atoms with Crippen molar-refractivity contribution in [2.75, 3.05) is 13.2 Å². The summed E-state index contributed by atoms with van der Waals surface area (Å²) in [4.78, 5) is 29.8. The number of hydrogen-bond donors (Lipinski definition) is 1. The molecule has 1 heterocycles. The highest BCUT2D eigenvalue weighted by Crippen LogP contribution is 2.23. The quantitative estimate of drug-likeness (QED) is 0.299. The number of aliphatic carboxylic acids is 1. The predicted molar refractivity (Wildman–Crippen MR) is 146 cm³/mol. The Hall–Kier alpha value is -4.63. The normalized spacial score (nSPS) is 10.4. The van der Waals surface area contributed by atoms with Gasteiger partial charge in [0.15, 0.2) is 0 Å². The van der Waals surface area contributed by atoms with Gasteiger partial charge in [-0.15, -0.1) is 0 Å². The van der Waals surface area contributed by atoms with Gasteiger partial charge in [0.05, 0.1) is 12.3 Å². The van der Waals surface area contributed by atoms with E-state index in [0.29, 0.717) is 36.0 Å². The summed E-state index contributed by atoms with van der Waals surface area (Å²) in [6.07, 6.45) is -0.187. The van der Waals surface area contributed by atoms with Crippen molar-refractivity contribution in [1.29, 1.82) is 0 Å². The van der Waals surface area contributed by atoms with Gasteiger partial charge in [-0.25, -0.2) is 9.78 Å². The number of aryl methyl sites for hydroxylation is 3. The molecule has 0 saturated heterocycles. The third-order valence-electron chi connectivity index (χ3n) is 5.88. The fourth-order valence-corrected chi connectivity index (χ4v) is 3.82. The van der Waals surface area contributed by atoms with Gasteiger partial charge in [-0.05, 0) is 62.7 Å². The second-order valence-electron chi connectivity index (χ2n) is 9.06. The fourth-order valence-electron chi connectivity index (χ4n) is 3.82. The Morgan fingerprint density at radius 1 is 0.923 bits per heavy atom. The maximum absolute atomic E-state index is 12.7. The second kappa shape index (κ2) is 13.3. The Balaban J connectivity index is 0.00000420. The molecule has 0 saturated carbocycles. The summed E-state index contributed by atoms with van der Waals surface area (Å²) in [7, 11) is 0. The first-order chi connectivity index (χ1) is 18.3. The predicted octanol–water partition coefficient (Wildman–Crippen LogP) is 5.15. The molecule has 0 atom stereocenters. The summed E-state index contributed by atoms with van der Waals surface area (Å²) in [6, 6.07) is 22.2. The van der Waals surface area contributed by atoms with Crippen LogP contribution in [-0.4, -0.2) is 45.7 Å². The Morgan fingerprint density at radius 2 is 1.59 bits per heavy atom. The van der Waals surface area contributed by atoms with E-state index in [-0.39, 0.29) is 12.0 Å². The van der Waals surface area contributed by atoms with E-state index < -0.39 is 18.6 Å². The molecular formula is C30H32N2O7. The van der Waals surface area contributed by atoms with E-state index in [2.05, 4.69) is 4.98 Å². The summed E-state index contributed by atoms with van der Waals surface area (Å²) in [5.41, 5.74) is 4.65. The first-order valence-corrected chi connectivity index (χ1v) is 12.3. The third-order valence-corrected chi connectivity index (χ3v) is 5.88. The fraction of sp³-hybridized carbons (Fsp3) is 0.233. The molecule has 0 unspecified atom stereocenters. The molecule has 9 heteroatoms. The van der Waals surface area contributed by atoms with Crippen molar-refractivity contribution in [3.05, 3.63) is 101 Å². The number of carbonyl (C=O) groups is 2. The Morgan fingerprint density at radius 3 is 2.26 bits per heavy atom. The second-order valence-corrected chi connectivity index (χ2v) is 9.06. The zero-order valence-corrected chi connectivity index (χ0v) is 22.1. The lowest BCUT2D eigenvalue weighted by molar-refractivity contribution is -0.138. The van der Waals surface area contributed by atoms with Gasteiger partial charge in [0.2, 0.25) is 5.89 Å². The molecule has 9 nitrogen and oxygen atoms in total. The van der Waals surface area contributed by atoms with Gasteiger partial charge in [0, 0.05) is 18.5 Å². The van der Waals surface area contributed by atoms with Crippen LogP contribution in [0.25, 0.3) is 11.5 Å². The van der Waals surface area contributed by atoms with Crippen LogP contribution in [0, 0.1) is 20.8 Å². The highest BCUT2D eigenvalue weighted by molar-refractivity contribution is 5.78. The molecule has 39 heavy (non-hydrogen) atoms. The Kier molecular flexibility index (Phi) is 9.83. The van der Waals surface area contributed by atoms with Crippen LogP contribution in [0.5, 0.6) is 11.5 Å². The smallest absolute Gasteiger partial charge is 0.416 e. The molecule has 1 amide bonds. The number of benzene rings is 3. The lowest BCUT2D eigenvalue weighted by atomic mass is 10.1. The van der Waals surface area contributed by atoms with E-state index in [1.807, 2.05) is 63.2 Å². The van der Waals surface area contributed by atoms with Gasteiger partial charge < -0.3 is 24.5 Å². The van der Waals surface area contributed by atoms with Gasteiger partial charge in [0.1, 0.15) is 23.8 Å². The minimum Gasteiger partial charge on any atom is -0.493 e. The van der Waals surface area contributed by atoms with Crippen molar-refractivity contribution in [3.8, 4) is 23.0 Å². The van der Waals surface area contributed by atoms with E-state index in [4.69, 9.17) is 13.9 Å². The molecular weight excluding hydrogens is 500 g/mol. The van der Waals surface area contributed by atoms with Crippen LogP contribution in [-0.2, 0) is 17.8 Å². The number of oxazole rings is 1. The molecule has 0 aliphatic carbocycles. The summed E-state index contributed by atoms with van der Waals surface area (Å²) < 4.78 is 17.2. The van der Waals surface area contributed by atoms with E-state index in [9.17, 15) is 14.7 Å². The molecule has 3 N–H and O–H groups in total. The van der Waals surface area contributed by atoms with Gasteiger partial charge in [-0.2, -0.15) is 0 Å². The molecule has 204 valence electrons. The van der Waals surface area contributed by atoms with Gasteiger partial charge >= 0.3 is 12.1 Å². The summed E-state index contributed by atoms with van der Waals surface area (Å²) in [5.74, 6) is 1.14. The number of carboxylic acids is 1. The molecule has 0 radical (unpaired) electrons. The topological polar surface area (TPSA) is 134 Å². The zero-order valence-electron chi connectivity index (χ0n) is 22.1. The minimum absolute atomic E-state index is 0. The number of amides is 1. The highest BCUT2D eigenvalue weighted by atomic mass is 16.6. The Bertz CT molecular complexity index is 1400. The number of ether oxygens (including phenoxy) is 2. The van der Waals surface area contributed by atoms with Crippen LogP contribution < -0.4 is 9.47 Å². The van der Waals surface area contributed by atoms with Crippen LogP contribution >= 0.6 is 0 Å². The molecule has 1 aromatic heterocycles. The number of carboxylic acid groups (broad SMARTS) is 1. The molecule has 0 aliphatic heterocycles. The largest absolute Gasteiger partial charge is 0.493 e. The van der Waals surface area contributed by atoms with Crippen LogP contribution in [0.15, 0.2) is 77.2 Å². The van der Waals surface area contributed by atoms with Crippen LogP contribution in [0.3, 0.4) is 0 Å². The maximum Gasteiger partial charge on any atom is 0.416 e. The lowest BCUT2D eigenvalue weighted by Gasteiger charge is -2.20. The van der Waals surface area contributed by atoms with Crippen LogP contribution in [0.4, 0.5) is 4.79 Å². The number of nitrogens with zero attached hydrogens (tertiary/aromatic N) is 2. The summed E-state index contributed by atoms with van der Waals surface area (Å²) in [5, 5.41) is 9.31. The first-order valence-electron chi connectivity index (χ1n) is 12.3. The molecule has 4 rings (SSSR count). The summed E-state index contributed by atoms with van der Waals surface area (Å²) >= 11 is 0. The van der Waals surface area contributed by atoms with Crippen molar-refractivity contribution in [1.82, 2.24) is 9.88 Å². The van der Waals surface area contributed by atoms with Crippen molar-refractivity contribution in [2.45, 2.75) is 33.7 Å². The SMILES string of the molecule is Cc1ccc(OC(=O)N(CC(=O)O)Cc2cccc(OCCc3nc(-c4ccc(C)cc4)oc3C)c2)cc1.O. The standard InChI is InChI=1S/C30H30N2O6.H2O/c1-20-7-11-24(12-8-20)29-31-27(22(3)37-29)15-16-36-26-6-4-5-23(17-26)18-32(19-28(33)34)30(35)38-25-13-9-21(2)10-14-25;/h4-14,17H,15-16,18-19H2,1-3H3,(H,33,34);1H2. The third kappa shape index (κ3) is 8.18. The molecule has 0 bridgehead atoms. The van der Waals surface area contributed by atoms with Gasteiger partial charge in [0.25, 0.3) is 0 Å². The van der Waals surface area contributed by atoms with Crippen LogP contribution in [0.1, 0.15) is 28.1 Å². The Labute approximate surface area is 226 Å². The average Bonchev–Trinajstić information content (AvgIpc) is 3.25. The van der Waals surface area contributed by atoms with E-state index >= 15 is 0 Å². The average molecular weight is 533 g/mol. The minimum atomic E-state index is -1.13. The molecule has 0 aliphatic rings. The number of carbonyl (C=O) groups excluding carboxylic acids is 1. The number of aromatic nitrogens is 1. The molecule has 3 aromatic carbocycles. The molecule has 4 aromatic rings. The molecule has 0 spiro atoms. The number of rotatable bonds is 10. The van der Waals surface area contributed by atoms with Crippen LogP contribution in [0.2, 0.25) is 0 Å². The summed E-state index contributed by atoms with van der Waals surface area (Å²) in [6.45, 7) is 5.77. The van der Waals surface area contributed by atoms with E-state index in [1.54, 1.807) is 30.3 Å². The molecule has 0 fully saturated rings. The van der Waals surface area contributed by atoms with Crippen molar-refractivity contribution >= 4 is 12.1 Å². The van der Waals surface area contributed by atoms with Crippen molar-refractivity contribution < 1.29 is 34.1 Å². The highest BCUT2D eigenvalue weighted by Gasteiger charge is 2.20. The van der Waals surface area contributed by atoms with Gasteiger partial charge in [-0.1, -0.05) is 47.5 Å². The van der Waals surface area contributed by atoms with Crippen molar-refractivity contribution in [2.24, 2.45) is 0 Å². The van der Waals surface area contributed by atoms with E-state index in [1.165, 1.54) is 5.56 Å². The first kappa shape index (κ1) is 28.9. The lowest BCUT2D eigenvalue weighted by Crippen LogP contribution is -2.37. The van der Waals surface area contributed by atoms with E-state index in [0.717, 1.165) is 27.5 Å². The maximum atomic E-state index is 12.7. The monoisotopic (exact) mass is 532 g/mol. The number of hydrogen-bond acceptors (Lipinski definition) is 6.